The van der Waals surface area contributed by atoms with Crippen molar-refractivity contribution in [2.75, 3.05) is 20.6 Å². The van der Waals surface area contributed by atoms with Gasteiger partial charge in [0.2, 0.25) is 18.2 Å². The molecule has 0 aromatic carbocycles. The third kappa shape index (κ3) is 6.89. The van der Waals surface area contributed by atoms with Crippen LogP contribution in [0.4, 0.5) is 0 Å². The fraction of sp³-hybridized carbons (Fsp3) is 0.800. The minimum absolute atomic E-state index is 0.0537. The zero-order valence-corrected chi connectivity index (χ0v) is 14.2. The fourth-order valence-corrected chi connectivity index (χ4v) is 2.09. The summed E-state index contributed by atoms with van der Waals surface area (Å²) in [5.41, 5.74) is 0. The molecule has 1 unspecified atom stereocenters. The van der Waals surface area contributed by atoms with Crippen LogP contribution in [0.3, 0.4) is 0 Å². The van der Waals surface area contributed by atoms with Crippen LogP contribution in [0.2, 0.25) is 0 Å². The van der Waals surface area contributed by atoms with Gasteiger partial charge in [0, 0.05) is 14.1 Å². The van der Waals surface area contributed by atoms with Gasteiger partial charge in [0.25, 0.3) is 0 Å². The maximum atomic E-state index is 12.4. The van der Waals surface area contributed by atoms with Crippen LogP contribution in [0, 0.1) is 11.8 Å². The normalized spacial score (nSPS) is 13.4. The molecule has 0 bridgehead atoms. The maximum Gasteiger partial charge on any atom is 0.244 e. The van der Waals surface area contributed by atoms with Crippen molar-refractivity contribution < 1.29 is 19.6 Å². The average molecular weight is 315 g/mol. The first-order valence-electron chi connectivity index (χ1n) is 7.66. The summed E-state index contributed by atoms with van der Waals surface area (Å²) >= 11 is 0. The van der Waals surface area contributed by atoms with Crippen LogP contribution in [0.1, 0.15) is 40.0 Å². The summed E-state index contributed by atoms with van der Waals surface area (Å²) in [5, 5.41) is 12.5. The molecule has 2 atom stereocenters. The molecule has 0 saturated heterocycles. The lowest BCUT2D eigenvalue weighted by Gasteiger charge is -2.27. The maximum absolute atomic E-state index is 12.4. The van der Waals surface area contributed by atoms with E-state index in [-0.39, 0.29) is 30.7 Å². The van der Waals surface area contributed by atoms with Crippen molar-refractivity contribution in [3.8, 4) is 0 Å². The van der Waals surface area contributed by atoms with Gasteiger partial charge < -0.3 is 10.2 Å². The van der Waals surface area contributed by atoms with E-state index in [1.807, 2.05) is 20.8 Å². The van der Waals surface area contributed by atoms with Crippen LogP contribution in [-0.2, 0) is 14.4 Å². The van der Waals surface area contributed by atoms with E-state index in [0.29, 0.717) is 11.5 Å². The quantitative estimate of drug-likeness (QED) is 0.355. The Bertz CT molecular complexity index is 372. The number of hydrogen-bond donors (Lipinski definition) is 2. The van der Waals surface area contributed by atoms with Gasteiger partial charge in [-0.2, -0.15) is 0 Å². The first-order valence-corrected chi connectivity index (χ1v) is 7.66. The number of unbranched alkanes of at least 4 members (excludes halogenated alkanes) is 1. The van der Waals surface area contributed by atoms with Gasteiger partial charge in [-0.15, -0.1) is 0 Å². The summed E-state index contributed by atoms with van der Waals surface area (Å²) in [4.78, 5) is 36.5. The largest absolute Gasteiger partial charge is 0.347 e. The summed E-state index contributed by atoms with van der Waals surface area (Å²) in [5.74, 6) is -1.08. The number of carbonyl (C=O) groups excluding carboxylic acids is 3. The predicted molar refractivity (Wildman–Crippen MR) is 83.0 cm³/mol. The van der Waals surface area contributed by atoms with E-state index in [2.05, 4.69) is 5.32 Å². The molecule has 0 aliphatic heterocycles. The number of hydroxylamine groups is 2. The molecule has 0 aliphatic rings. The Kier molecular flexibility index (Phi) is 9.40. The SMILES string of the molecule is CCCCC(CN(O)C=O)C(=O)N[C@H](C(=O)N(C)C)C(C)C. The Morgan fingerprint density at radius 1 is 1.27 bits per heavy atom. The summed E-state index contributed by atoms with van der Waals surface area (Å²) in [6.07, 6.45) is 2.53. The molecule has 7 nitrogen and oxygen atoms in total. The van der Waals surface area contributed by atoms with E-state index < -0.39 is 12.0 Å². The van der Waals surface area contributed by atoms with Gasteiger partial charge in [0.15, 0.2) is 0 Å². The smallest absolute Gasteiger partial charge is 0.244 e. The van der Waals surface area contributed by atoms with Gasteiger partial charge in [0.1, 0.15) is 6.04 Å². The first kappa shape index (κ1) is 20.4. The second kappa shape index (κ2) is 10.2. The highest BCUT2D eigenvalue weighted by atomic mass is 16.5. The standard InChI is InChI=1S/C15H29N3O4/c1-6-7-8-12(9-18(22)10-19)14(20)16-13(11(2)3)15(21)17(4)5/h10-13,22H,6-9H2,1-5H3,(H,16,20)/t12?,13-/m0/s1. The number of nitrogens with zero attached hydrogens (tertiary/aromatic N) is 2. The molecule has 128 valence electrons. The lowest BCUT2D eigenvalue weighted by Crippen LogP contribution is -2.51. The topological polar surface area (TPSA) is 90.0 Å². The number of nitrogens with one attached hydrogen (secondary N) is 1. The van der Waals surface area contributed by atoms with Crippen LogP contribution in [-0.4, -0.2) is 60.1 Å². The van der Waals surface area contributed by atoms with Gasteiger partial charge in [-0.25, -0.2) is 5.06 Å². The van der Waals surface area contributed by atoms with Crippen molar-refractivity contribution in [1.29, 1.82) is 0 Å². The monoisotopic (exact) mass is 315 g/mol. The molecule has 0 fully saturated rings. The lowest BCUT2D eigenvalue weighted by atomic mass is 9.98. The third-order valence-corrected chi connectivity index (χ3v) is 3.48. The predicted octanol–water partition coefficient (Wildman–Crippen LogP) is 0.869. The van der Waals surface area contributed by atoms with Crippen molar-refractivity contribution in [1.82, 2.24) is 15.3 Å². The highest BCUT2D eigenvalue weighted by Gasteiger charge is 2.29. The third-order valence-electron chi connectivity index (χ3n) is 3.48. The zero-order chi connectivity index (χ0) is 17.3. The number of likely N-dealkylation sites (N-methyl/N-ethyl adjacent to an activating group) is 1. The van der Waals surface area contributed by atoms with E-state index in [1.54, 1.807) is 14.1 Å². The minimum Gasteiger partial charge on any atom is -0.347 e. The van der Waals surface area contributed by atoms with E-state index in [4.69, 9.17) is 0 Å². The molecule has 0 aromatic heterocycles. The van der Waals surface area contributed by atoms with Gasteiger partial charge in [-0.3, -0.25) is 19.6 Å². The van der Waals surface area contributed by atoms with Gasteiger partial charge in [0.05, 0.1) is 12.5 Å². The molecule has 2 N–H and O–H groups in total. The molecule has 0 heterocycles. The zero-order valence-electron chi connectivity index (χ0n) is 14.2. The Labute approximate surface area is 132 Å². The molecule has 22 heavy (non-hydrogen) atoms. The van der Waals surface area contributed by atoms with Crippen molar-refractivity contribution in [3.05, 3.63) is 0 Å². The van der Waals surface area contributed by atoms with Gasteiger partial charge in [-0.1, -0.05) is 33.6 Å². The molecule has 0 radical (unpaired) electrons. The van der Waals surface area contributed by atoms with Crippen molar-refractivity contribution in [2.24, 2.45) is 11.8 Å². The molecule has 0 aromatic rings. The molecule has 7 heteroatoms. The van der Waals surface area contributed by atoms with Crippen LogP contribution in [0.25, 0.3) is 0 Å². The van der Waals surface area contributed by atoms with E-state index in [1.165, 1.54) is 4.90 Å². The fourth-order valence-electron chi connectivity index (χ4n) is 2.09. The number of hydrogen-bond acceptors (Lipinski definition) is 4. The molecule has 0 saturated carbocycles. The van der Waals surface area contributed by atoms with Gasteiger partial charge in [-0.05, 0) is 12.3 Å². The number of amides is 3. The van der Waals surface area contributed by atoms with E-state index >= 15 is 0 Å². The Morgan fingerprint density at radius 3 is 2.27 bits per heavy atom. The van der Waals surface area contributed by atoms with Crippen molar-refractivity contribution >= 4 is 18.2 Å². The number of carbonyl (C=O) groups is 3. The van der Waals surface area contributed by atoms with E-state index in [0.717, 1.165) is 12.8 Å². The van der Waals surface area contributed by atoms with Crippen LogP contribution < -0.4 is 5.32 Å². The Hall–Kier alpha value is -1.63. The molecular weight excluding hydrogens is 286 g/mol. The molecule has 0 rings (SSSR count). The molecule has 0 aliphatic carbocycles. The lowest BCUT2D eigenvalue weighted by molar-refractivity contribution is -0.155. The average Bonchev–Trinajstić information content (AvgIpc) is 2.47. The Balaban J connectivity index is 4.94. The van der Waals surface area contributed by atoms with Crippen LogP contribution in [0.5, 0.6) is 0 Å². The van der Waals surface area contributed by atoms with Gasteiger partial charge >= 0.3 is 0 Å². The molecule has 0 spiro atoms. The highest BCUT2D eigenvalue weighted by molar-refractivity contribution is 5.88. The second-order valence-electron chi connectivity index (χ2n) is 6.03. The first-order chi connectivity index (χ1) is 10.2. The van der Waals surface area contributed by atoms with Crippen molar-refractivity contribution in [2.45, 2.75) is 46.1 Å². The summed E-state index contributed by atoms with van der Waals surface area (Å²) in [7, 11) is 3.28. The molecular formula is C15H29N3O4. The van der Waals surface area contributed by atoms with Crippen molar-refractivity contribution in [3.63, 3.8) is 0 Å². The highest BCUT2D eigenvalue weighted by Crippen LogP contribution is 2.12. The van der Waals surface area contributed by atoms with Crippen LogP contribution in [0.15, 0.2) is 0 Å². The minimum atomic E-state index is -0.616. The van der Waals surface area contributed by atoms with Crippen LogP contribution >= 0.6 is 0 Å². The van der Waals surface area contributed by atoms with E-state index in [9.17, 15) is 19.6 Å². The number of rotatable bonds is 10. The second-order valence-corrected chi connectivity index (χ2v) is 6.03. The molecule has 3 amide bonds. The summed E-state index contributed by atoms with van der Waals surface area (Å²) in [6, 6.07) is -0.616. The summed E-state index contributed by atoms with van der Waals surface area (Å²) < 4.78 is 0. The Morgan fingerprint density at radius 2 is 1.86 bits per heavy atom. The summed E-state index contributed by atoms with van der Waals surface area (Å²) in [6.45, 7) is 5.64.